The van der Waals surface area contributed by atoms with E-state index in [1.165, 1.54) is 4.70 Å². The SMILES string of the molecule is Cc1cccc(C)c1NC(=O)CN1CCN(Cn2nc3sc4ccccc4n3c2=S)CC1. The number of nitrogens with zero attached hydrogens (tertiary/aromatic N) is 5. The number of fused-ring (bicyclic) bond motifs is 3. The number of aryl methyl sites for hydroxylation is 2. The van der Waals surface area contributed by atoms with Gasteiger partial charge in [-0.15, -0.1) is 5.10 Å². The molecule has 9 heteroatoms. The van der Waals surface area contributed by atoms with E-state index in [1.807, 2.05) is 48.9 Å². The fraction of sp³-hybridized carbons (Fsp3) is 0.348. The summed E-state index contributed by atoms with van der Waals surface area (Å²) < 4.78 is 5.90. The van der Waals surface area contributed by atoms with E-state index in [-0.39, 0.29) is 5.91 Å². The molecule has 1 saturated heterocycles. The minimum Gasteiger partial charge on any atom is -0.324 e. The molecule has 0 radical (unpaired) electrons. The lowest BCUT2D eigenvalue weighted by Crippen LogP contribution is -2.49. The van der Waals surface area contributed by atoms with E-state index in [0.717, 1.165) is 58.2 Å². The van der Waals surface area contributed by atoms with Gasteiger partial charge in [0, 0.05) is 31.9 Å². The Labute approximate surface area is 195 Å². The molecule has 2 aromatic carbocycles. The Bertz CT molecular complexity index is 1330. The van der Waals surface area contributed by atoms with Crippen LogP contribution in [0.4, 0.5) is 5.69 Å². The van der Waals surface area contributed by atoms with Crippen LogP contribution < -0.4 is 5.32 Å². The number of carbonyl (C=O) groups is 1. The fourth-order valence-corrected chi connectivity index (χ4v) is 5.61. The van der Waals surface area contributed by atoms with Crippen LogP contribution >= 0.6 is 23.6 Å². The molecule has 1 fully saturated rings. The molecule has 1 aliphatic rings. The second-order valence-corrected chi connectivity index (χ2v) is 9.69. The summed E-state index contributed by atoms with van der Waals surface area (Å²) in [6, 6.07) is 14.3. The average molecular weight is 467 g/mol. The number of hydrogen-bond donors (Lipinski definition) is 1. The molecule has 5 rings (SSSR count). The van der Waals surface area contributed by atoms with Crippen molar-refractivity contribution in [1.82, 2.24) is 24.0 Å². The van der Waals surface area contributed by atoms with Crippen LogP contribution in [0.15, 0.2) is 42.5 Å². The van der Waals surface area contributed by atoms with E-state index in [9.17, 15) is 4.79 Å². The zero-order valence-electron chi connectivity index (χ0n) is 18.2. The number of anilines is 1. The van der Waals surface area contributed by atoms with Crippen LogP contribution in [0.25, 0.3) is 15.2 Å². The third-order valence-corrected chi connectivity index (χ3v) is 7.43. The first-order chi connectivity index (χ1) is 15.5. The number of para-hydroxylation sites is 2. The van der Waals surface area contributed by atoms with E-state index in [2.05, 4.69) is 31.7 Å². The Balaban J connectivity index is 1.19. The number of thiazole rings is 1. The maximum atomic E-state index is 12.6. The minimum atomic E-state index is 0.0410. The second kappa shape index (κ2) is 8.74. The molecular formula is C23H26N6OS2. The number of aromatic nitrogens is 3. The molecule has 2 aromatic heterocycles. The van der Waals surface area contributed by atoms with E-state index in [1.54, 1.807) is 11.3 Å². The van der Waals surface area contributed by atoms with E-state index >= 15 is 0 Å². The number of amides is 1. The summed E-state index contributed by atoms with van der Waals surface area (Å²) >= 11 is 7.38. The maximum absolute atomic E-state index is 12.6. The highest BCUT2D eigenvalue weighted by atomic mass is 32.1. The van der Waals surface area contributed by atoms with Crippen molar-refractivity contribution in [3.8, 4) is 0 Å². The lowest BCUT2D eigenvalue weighted by molar-refractivity contribution is -0.117. The van der Waals surface area contributed by atoms with Crippen LogP contribution in [0.5, 0.6) is 0 Å². The fourth-order valence-electron chi connectivity index (χ4n) is 4.25. The van der Waals surface area contributed by atoms with Crippen molar-refractivity contribution < 1.29 is 4.79 Å². The summed E-state index contributed by atoms with van der Waals surface area (Å²) in [5.74, 6) is 0.0410. The van der Waals surface area contributed by atoms with Crippen LogP contribution in [0.3, 0.4) is 0 Å². The smallest absolute Gasteiger partial charge is 0.238 e. The van der Waals surface area contributed by atoms with Gasteiger partial charge in [-0.3, -0.25) is 19.0 Å². The molecule has 0 aliphatic carbocycles. The third-order valence-electron chi connectivity index (χ3n) is 6.03. The van der Waals surface area contributed by atoms with Gasteiger partial charge >= 0.3 is 0 Å². The molecule has 4 aromatic rings. The summed E-state index contributed by atoms with van der Waals surface area (Å²) in [5.41, 5.74) is 4.22. The predicted molar refractivity (Wildman–Crippen MR) is 132 cm³/mol. The van der Waals surface area contributed by atoms with Gasteiger partial charge in [0.2, 0.25) is 15.6 Å². The first-order valence-corrected chi connectivity index (χ1v) is 12.0. The Morgan fingerprint density at radius 2 is 1.72 bits per heavy atom. The number of nitrogens with one attached hydrogen (secondary N) is 1. The molecule has 0 atom stereocenters. The monoisotopic (exact) mass is 466 g/mol. The Hall–Kier alpha value is -2.59. The van der Waals surface area contributed by atoms with Crippen molar-refractivity contribution in [2.75, 3.05) is 38.0 Å². The number of rotatable bonds is 5. The van der Waals surface area contributed by atoms with Gasteiger partial charge < -0.3 is 5.32 Å². The van der Waals surface area contributed by atoms with Crippen molar-refractivity contribution in [3.63, 3.8) is 0 Å². The number of benzene rings is 2. The van der Waals surface area contributed by atoms with Gasteiger partial charge in [-0.1, -0.05) is 41.7 Å². The Kier molecular flexibility index (Phi) is 5.81. The predicted octanol–water partition coefficient (Wildman–Crippen LogP) is 3.91. The van der Waals surface area contributed by atoms with Crippen LogP contribution in [0.1, 0.15) is 11.1 Å². The highest BCUT2D eigenvalue weighted by Gasteiger charge is 2.21. The zero-order chi connectivity index (χ0) is 22.2. The summed E-state index contributed by atoms with van der Waals surface area (Å²) in [6.45, 7) is 8.58. The molecule has 0 unspecified atom stereocenters. The quantitative estimate of drug-likeness (QED) is 0.452. The highest BCUT2D eigenvalue weighted by Crippen LogP contribution is 2.26. The first kappa shape index (κ1) is 21.3. The largest absolute Gasteiger partial charge is 0.324 e. The zero-order valence-corrected chi connectivity index (χ0v) is 19.9. The molecule has 32 heavy (non-hydrogen) atoms. The van der Waals surface area contributed by atoms with Gasteiger partial charge in [0.05, 0.1) is 23.4 Å². The molecule has 0 bridgehead atoms. The summed E-state index contributed by atoms with van der Waals surface area (Å²) in [6.07, 6.45) is 0. The lowest BCUT2D eigenvalue weighted by atomic mass is 10.1. The second-order valence-electron chi connectivity index (χ2n) is 8.32. The van der Waals surface area contributed by atoms with Crippen LogP contribution in [-0.2, 0) is 11.5 Å². The normalized spacial score (nSPS) is 15.6. The maximum Gasteiger partial charge on any atom is 0.238 e. The van der Waals surface area contributed by atoms with Crippen LogP contribution in [-0.4, -0.2) is 62.6 Å². The number of hydrogen-bond acceptors (Lipinski definition) is 6. The molecule has 3 heterocycles. The van der Waals surface area contributed by atoms with Gasteiger partial charge in [0.15, 0.2) is 0 Å². The van der Waals surface area contributed by atoms with Crippen molar-refractivity contribution >= 4 is 50.3 Å². The van der Waals surface area contributed by atoms with Crippen molar-refractivity contribution in [2.24, 2.45) is 0 Å². The van der Waals surface area contributed by atoms with Gasteiger partial charge in [0.1, 0.15) is 0 Å². The topological polar surface area (TPSA) is 57.8 Å². The van der Waals surface area contributed by atoms with Crippen molar-refractivity contribution in [1.29, 1.82) is 0 Å². The number of piperazine rings is 1. The van der Waals surface area contributed by atoms with Gasteiger partial charge in [0.25, 0.3) is 0 Å². The molecule has 1 amide bonds. The third kappa shape index (κ3) is 4.09. The van der Waals surface area contributed by atoms with Gasteiger partial charge in [-0.25, -0.2) is 4.68 Å². The summed E-state index contributed by atoms with van der Waals surface area (Å²) in [5, 5.41) is 7.84. The van der Waals surface area contributed by atoms with E-state index in [4.69, 9.17) is 17.3 Å². The van der Waals surface area contributed by atoms with Crippen molar-refractivity contribution in [3.05, 3.63) is 58.4 Å². The Morgan fingerprint density at radius 3 is 2.47 bits per heavy atom. The molecule has 7 nitrogen and oxygen atoms in total. The van der Waals surface area contributed by atoms with E-state index < -0.39 is 0 Å². The minimum absolute atomic E-state index is 0.0410. The molecule has 0 spiro atoms. The van der Waals surface area contributed by atoms with Crippen LogP contribution in [0, 0.1) is 18.6 Å². The molecular weight excluding hydrogens is 440 g/mol. The Morgan fingerprint density at radius 1 is 1.03 bits per heavy atom. The first-order valence-electron chi connectivity index (χ1n) is 10.8. The van der Waals surface area contributed by atoms with Gasteiger partial charge in [-0.2, -0.15) is 0 Å². The highest BCUT2D eigenvalue weighted by molar-refractivity contribution is 7.71. The lowest BCUT2D eigenvalue weighted by Gasteiger charge is -2.34. The van der Waals surface area contributed by atoms with E-state index in [0.29, 0.717) is 13.2 Å². The average Bonchev–Trinajstić information content (AvgIpc) is 3.28. The van der Waals surface area contributed by atoms with Crippen molar-refractivity contribution in [2.45, 2.75) is 20.5 Å². The molecule has 166 valence electrons. The molecule has 1 N–H and O–H groups in total. The summed E-state index contributed by atoms with van der Waals surface area (Å²) in [7, 11) is 0. The standard InChI is InChI=1S/C23H26N6OS2/c1-16-6-5-7-17(2)21(16)24-20(30)14-26-10-12-27(13-11-26)15-28-23(31)29-18-8-3-4-9-19(18)32-22(29)25-28/h3-9H,10-15H2,1-2H3,(H,24,30). The number of carbonyl (C=O) groups excluding carboxylic acids is 1. The van der Waals surface area contributed by atoms with Crippen LogP contribution in [0.2, 0.25) is 0 Å². The summed E-state index contributed by atoms with van der Waals surface area (Å²) in [4.78, 5) is 18.1. The molecule has 1 aliphatic heterocycles. The van der Waals surface area contributed by atoms with Gasteiger partial charge in [-0.05, 0) is 49.3 Å². The molecule has 0 saturated carbocycles.